The molecule has 1 amide bonds. The fraction of sp³-hybridized carbons (Fsp3) is 0.250. The molecule has 2 heterocycles. The highest BCUT2D eigenvalue weighted by Gasteiger charge is 2.19. The standard InChI is InChI=1S/C12H14BrN3O2S2/c1-18-9-8(14)10(11(15)17)20-12(9)16-5-4-6-2-3-7(13)19-6/h2-3,16H,4-5,14H2,1H3,(H2,15,17). The van der Waals surface area contributed by atoms with Crippen LogP contribution in [0.1, 0.15) is 14.5 Å². The molecule has 0 bridgehead atoms. The van der Waals surface area contributed by atoms with Gasteiger partial charge in [-0.1, -0.05) is 0 Å². The van der Waals surface area contributed by atoms with Gasteiger partial charge in [0.05, 0.1) is 10.9 Å². The summed E-state index contributed by atoms with van der Waals surface area (Å²) in [5.41, 5.74) is 11.4. The summed E-state index contributed by atoms with van der Waals surface area (Å²) >= 11 is 6.35. The first-order valence-electron chi connectivity index (χ1n) is 5.77. The number of carbonyl (C=O) groups excluding carboxylic acids is 1. The van der Waals surface area contributed by atoms with Gasteiger partial charge < -0.3 is 21.5 Å². The number of methoxy groups -OCH3 is 1. The van der Waals surface area contributed by atoms with Crippen LogP contribution >= 0.6 is 38.6 Å². The van der Waals surface area contributed by atoms with Crippen LogP contribution in [0, 0.1) is 0 Å². The molecule has 5 N–H and O–H groups in total. The summed E-state index contributed by atoms with van der Waals surface area (Å²) in [7, 11) is 1.52. The van der Waals surface area contributed by atoms with Crippen molar-refractivity contribution in [3.05, 3.63) is 25.7 Å². The minimum atomic E-state index is -0.541. The van der Waals surface area contributed by atoms with E-state index < -0.39 is 5.91 Å². The number of nitrogens with two attached hydrogens (primary N) is 2. The highest BCUT2D eigenvalue weighted by molar-refractivity contribution is 9.11. The van der Waals surface area contributed by atoms with E-state index in [0.29, 0.717) is 16.3 Å². The fourth-order valence-corrected chi connectivity index (χ4v) is 4.17. The molecule has 0 aliphatic rings. The molecule has 0 aliphatic heterocycles. The first-order chi connectivity index (χ1) is 9.52. The van der Waals surface area contributed by atoms with Crippen molar-refractivity contribution in [3.8, 4) is 5.75 Å². The molecule has 8 heteroatoms. The Kier molecular flexibility index (Phi) is 4.90. The number of amides is 1. The van der Waals surface area contributed by atoms with E-state index >= 15 is 0 Å². The van der Waals surface area contributed by atoms with Gasteiger partial charge in [0, 0.05) is 11.4 Å². The number of nitrogen functional groups attached to an aromatic ring is 1. The predicted molar refractivity (Wildman–Crippen MR) is 88.0 cm³/mol. The van der Waals surface area contributed by atoms with Crippen molar-refractivity contribution in [2.24, 2.45) is 5.73 Å². The molecule has 5 nitrogen and oxygen atoms in total. The molecule has 0 atom stereocenters. The van der Waals surface area contributed by atoms with E-state index in [0.717, 1.165) is 21.8 Å². The average molecular weight is 376 g/mol. The van der Waals surface area contributed by atoms with Gasteiger partial charge in [-0.05, 0) is 34.5 Å². The first-order valence-corrected chi connectivity index (χ1v) is 8.19. The molecule has 20 heavy (non-hydrogen) atoms. The van der Waals surface area contributed by atoms with Gasteiger partial charge in [-0.2, -0.15) is 0 Å². The second-order valence-electron chi connectivity index (χ2n) is 3.95. The summed E-state index contributed by atoms with van der Waals surface area (Å²) in [5, 5.41) is 3.97. The minimum Gasteiger partial charge on any atom is -0.492 e. The van der Waals surface area contributed by atoms with E-state index in [1.807, 2.05) is 6.07 Å². The minimum absolute atomic E-state index is 0.298. The average Bonchev–Trinajstić information content (AvgIpc) is 2.94. The summed E-state index contributed by atoms with van der Waals surface area (Å²) < 4.78 is 6.34. The van der Waals surface area contributed by atoms with E-state index in [9.17, 15) is 4.79 Å². The molecule has 108 valence electrons. The van der Waals surface area contributed by atoms with Gasteiger partial charge >= 0.3 is 0 Å². The molecule has 0 aliphatic carbocycles. The number of thiophene rings is 2. The normalized spacial score (nSPS) is 10.5. The highest BCUT2D eigenvalue weighted by atomic mass is 79.9. The smallest absolute Gasteiger partial charge is 0.261 e. The Balaban J connectivity index is 2.05. The third-order valence-electron chi connectivity index (χ3n) is 2.61. The molecule has 0 fully saturated rings. The van der Waals surface area contributed by atoms with Crippen LogP contribution in [-0.4, -0.2) is 19.6 Å². The molecule has 0 radical (unpaired) electrons. The van der Waals surface area contributed by atoms with E-state index in [4.69, 9.17) is 16.2 Å². The Bertz CT molecular complexity index is 624. The zero-order chi connectivity index (χ0) is 14.7. The summed E-state index contributed by atoms with van der Waals surface area (Å²) in [6, 6.07) is 4.10. The largest absolute Gasteiger partial charge is 0.492 e. The van der Waals surface area contributed by atoms with Gasteiger partial charge in [0.15, 0.2) is 5.75 Å². The molecule has 2 rings (SSSR count). The SMILES string of the molecule is COc1c(NCCc2ccc(Br)s2)sc(C(N)=O)c1N. The summed E-state index contributed by atoms with van der Waals surface area (Å²) in [6.07, 6.45) is 0.878. The number of nitrogens with one attached hydrogen (secondary N) is 1. The molecule has 0 unspecified atom stereocenters. The van der Waals surface area contributed by atoms with Crippen LogP contribution in [-0.2, 0) is 6.42 Å². The zero-order valence-corrected chi connectivity index (χ0v) is 14.0. The van der Waals surface area contributed by atoms with Gasteiger partial charge in [-0.15, -0.1) is 22.7 Å². The Morgan fingerprint density at radius 3 is 2.75 bits per heavy atom. The van der Waals surface area contributed by atoms with Crippen LogP contribution in [0.2, 0.25) is 0 Å². The Morgan fingerprint density at radius 1 is 1.45 bits per heavy atom. The highest BCUT2D eigenvalue weighted by Crippen LogP contribution is 2.42. The molecule has 0 saturated heterocycles. The van der Waals surface area contributed by atoms with Crippen molar-refractivity contribution in [3.63, 3.8) is 0 Å². The Hall–Kier alpha value is -1.25. The lowest BCUT2D eigenvalue weighted by Crippen LogP contribution is -2.10. The monoisotopic (exact) mass is 375 g/mol. The van der Waals surface area contributed by atoms with Crippen molar-refractivity contribution in [1.29, 1.82) is 0 Å². The van der Waals surface area contributed by atoms with Gasteiger partial charge in [-0.3, -0.25) is 4.79 Å². The van der Waals surface area contributed by atoms with Gasteiger partial charge in [0.25, 0.3) is 5.91 Å². The third kappa shape index (κ3) is 3.25. The van der Waals surface area contributed by atoms with E-state index in [1.165, 1.54) is 23.3 Å². The maximum absolute atomic E-state index is 11.3. The van der Waals surface area contributed by atoms with Gasteiger partial charge in [0.1, 0.15) is 15.6 Å². The van der Waals surface area contributed by atoms with Crippen molar-refractivity contribution in [2.45, 2.75) is 6.42 Å². The molecular formula is C12H14BrN3O2S2. The second kappa shape index (κ2) is 6.47. The van der Waals surface area contributed by atoms with Gasteiger partial charge in [0.2, 0.25) is 0 Å². The Labute approximate surface area is 133 Å². The number of hydrogen-bond acceptors (Lipinski definition) is 6. The quantitative estimate of drug-likeness (QED) is 0.723. The van der Waals surface area contributed by atoms with Crippen molar-refractivity contribution in [2.75, 3.05) is 24.7 Å². The van der Waals surface area contributed by atoms with Crippen LogP contribution in [0.15, 0.2) is 15.9 Å². The maximum atomic E-state index is 11.3. The number of rotatable bonds is 6. The van der Waals surface area contributed by atoms with Crippen molar-refractivity contribution < 1.29 is 9.53 Å². The lowest BCUT2D eigenvalue weighted by Gasteiger charge is -2.06. The summed E-state index contributed by atoms with van der Waals surface area (Å²) in [5.74, 6) is -0.0582. The number of carbonyl (C=O) groups is 1. The van der Waals surface area contributed by atoms with Crippen LogP contribution in [0.4, 0.5) is 10.7 Å². The molecular weight excluding hydrogens is 362 g/mol. The van der Waals surface area contributed by atoms with Gasteiger partial charge in [-0.25, -0.2) is 0 Å². The zero-order valence-electron chi connectivity index (χ0n) is 10.7. The van der Waals surface area contributed by atoms with Crippen LogP contribution in [0.25, 0.3) is 0 Å². The topological polar surface area (TPSA) is 90.4 Å². The predicted octanol–water partition coefficient (Wildman–Crippen LogP) is 2.92. The summed E-state index contributed by atoms with van der Waals surface area (Å²) in [6.45, 7) is 0.724. The lowest BCUT2D eigenvalue weighted by molar-refractivity contribution is 0.100. The third-order valence-corrected chi connectivity index (χ3v) is 5.46. The van der Waals surface area contributed by atoms with Crippen LogP contribution in [0.3, 0.4) is 0 Å². The first kappa shape index (κ1) is 15.1. The van der Waals surface area contributed by atoms with Crippen LogP contribution in [0.5, 0.6) is 5.75 Å². The second-order valence-corrected chi connectivity index (χ2v) is 7.52. The molecule has 2 aromatic heterocycles. The van der Waals surface area contributed by atoms with Crippen molar-refractivity contribution in [1.82, 2.24) is 0 Å². The fourth-order valence-electron chi connectivity index (χ4n) is 1.72. The van der Waals surface area contributed by atoms with Crippen LogP contribution < -0.4 is 21.5 Å². The maximum Gasteiger partial charge on any atom is 0.261 e. The van der Waals surface area contributed by atoms with Crippen molar-refractivity contribution >= 4 is 55.2 Å². The molecule has 2 aromatic rings. The van der Waals surface area contributed by atoms with E-state index in [1.54, 1.807) is 11.3 Å². The summed E-state index contributed by atoms with van der Waals surface area (Å²) in [4.78, 5) is 12.9. The number of primary amides is 1. The van der Waals surface area contributed by atoms with E-state index in [2.05, 4.69) is 27.3 Å². The lowest BCUT2D eigenvalue weighted by atomic mass is 10.3. The molecule has 0 aromatic carbocycles. The molecule has 0 saturated carbocycles. The number of ether oxygens (including phenoxy) is 1. The Morgan fingerprint density at radius 2 is 2.20 bits per heavy atom. The number of halogens is 1. The molecule has 0 spiro atoms. The number of anilines is 2. The van der Waals surface area contributed by atoms with E-state index in [-0.39, 0.29) is 0 Å². The number of hydrogen-bond donors (Lipinski definition) is 3.